The van der Waals surface area contributed by atoms with Gasteiger partial charge in [0.2, 0.25) is 0 Å². The van der Waals surface area contributed by atoms with Crippen LogP contribution < -0.4 is 0 Å². The number of piperidine rings is 1. The maximum Gasteiger partial charge on any atom is 0.338 e. The second kappa shape index (κ2) is 7.67. The number of carbonyl (C=O) groups excluding carboxylic acids is 1. The Morgan fingerprint density at radius 1 is 1.00 bits per heavy atom. The highest BCUT2D eigenvalue weighted by atomic mass is 16.4. The van der Waals surface area contributed by atoms with Gasteiger partial charge in [-0.2, -0.15) is 10.2 Å². The Balaban J connectivity index is 1.35. The molecular formula is C20H21N5O3. The van der Waals surface area contributed by atoms with E-state index >= 15 is 0 Å². The van der Waals surface area contributed by atoms with Crippen LogP contribution in [0.3, 0.4) is 0 Å². The van der Waals surface area contributed by atoms with E-state index in [1.54, 1.807) is 28.0 Å². The molecule has 0 spiro atoms. The predicted molar refractivity (Wildman–Crippen MR) is 101 cm³/mol. The van der Waals surface area contributed by atoms with Crippen molar-refractivity contribution in [3.05, 3.63) is 71.8 Å². The molecule has 0 saturated carbocycles. The number of carboxylic acids is 1. The summed E-state index contributed by atoms with van der Waals surface area (Å²) in [6.07, 6.45) is 7.80. The Kier molecular flexibility index (Phi) is 4.92. The monoisotopic (exact) mass is 379 g/mol. The van der Waals surface area contributed by atoms with Crippen molar-refractivity contribution in [2.24, 2.45) is 0 Å². The SMILES string of the molecule is O=C(O)c1cnn(C2CCN(C(=O)c3cnn(Cc4ccccc4)c3)CC2)c1. The Bertz CT molecular complexity index is 971. The van der Waals surface area contributed by atoms with E-state index in [-0.39, 0.29) is 17.5 Å². The van der Waals surface area contributed by atoms with Crippen LogP contribution in [-0.4, -0.2) is 54.5 Å². The number of hydrogen-bond donors (Lipinski definition) is 1. The molecule has 1 amide bonds. The minimum Gasteiger partial charge on any atom is -0.478 e. The highest BCUT2D eigenvalue weighted by Crippen LogP contribution is 2.23. The first-order valence-electron chi connectivity index (χ1n) is 9.23. The number of hydrogen-bond acceptors (Lipinski definition) is 4. The fourth-order valence-electron chi connectivity index (χ4n) is 3.50. The minimum absolute atomic E-state index is 0.0237. The number of aromatic nitrogens is 4. The van der Waals surface area contributed by atoms with Gasteiger partial charge in [-0.15, -0.1) is 0 Å². The summed E-state index contributed by atoms with van der Waals surface area (Å²) in [4.78, 5) is 25.6. The van der Waals surface area contributed by atoms with Crippen molar-refractivity contribution < 1.29 is 14.7 Å². The Morgan fingerprint density at radius 2 is 1.71 bits per heavy atom. The van der Waals surface area contributed by atoms with E-state index < -0.39 is 5.97 Å². The van der Waals surface area contributed by atoms with Crippen LogP contribution in [0.15, 0.2) is 55.1 Å². The molecule has 0 atom stereocenters. The molecule has 28 heavy (non-hydrogen) atoms. The van der Waals surface area contributed by atoms with Gasteiger partial charge in [-0.25, -0.2) is 4.79 Å². The summed E-state index contributed by atoms with van der Waals surface area (Å²) in [6.45, 7) is 1.84. The topological polar surface area (TPSA) is 93.2 Å². The molecule has 1 fully saturated rings. The quantitative estimate of drug-likeness (QED) is 0.734. The standard InChI is InChI=1S/C20H21N5O3/c26-19(16-10-21-24(13-16)12-15-4-2-1-3-5-15)23-8-6-18(7-9-23)25-14-17(11-22-25)20(27)28/h1-5,10-11,13-14,18H,6-9,12H2,(H,27,28). The molecule has 144 valence electrons. The first kappa shape index (κ1) is 18.0. The van der Waals surface area contributed by atoms with E-state index in [0.29, 0.717) is 25.2 Å². The molecule has 8 nitrogen and oxygen atoms in total. The van der Waals surface area contributed by atoms with Gasteiger partial charge in [0.1, 0.15) is 0 Å². The summed E-state index contributed by atoms with van der Waals surface area (Å²) >= 11 is 0. The van der Waals surface area contributed by atoms with E-state index in [1.807, 2.05) is 35.2 Å². The Hall–Kier alpha value is -3.42. The van der Waals surface area contributed by atoms with Gasteiger partial charge >= 0.3 is 5.97 Å². The maximum absolute atomic E-state index is 12.8. The van der Waals surface area contributed by atoms with Crippen molar-refractivity contribution in [2.75, 3.05) is 13.1 Å². The molecular weight excluding hydrogens is 358 g/mol. The van der Waals surface area contributed by atoms with Crippen LogP contribution in [0.5, 0.6) is 0 Å². The first-order valence-corrected chi connectivity index (χ1v) is 9.23. The lowest BCUT2D eigenvalue weighted by molar-refractivity contribution is 0.0688. The van der Waals surface area contributed by atoms with Gasteiger partial charge in [-0.1, -0.05) is 30.3 Å². The van der Waals surface area contributed by atoms with Gasteiger partial charge in [0, 0.05) is 25.5 Å². The molecule has 0 radical (unpaired) electrons. The molecule has 0 aliphatic carbocycles. The van der Waals surface area contributed by atoms with Crippen LogP contribution in [0.1, 0.15) is 45.2 Å². The van der Waals surface area contributed by atoms with E-state index in [4.69, 9.17) is 5.11 Å². The van der Waals surface area contributed by atoms with Crippen LogP contribution >= 0.6 is 0 Å². The number of carbonyl (C=O) groups is 2. The summed E-state index contributed by atoms with van der Waals surface area (Å²) in [5.41, 5.74) is 1.90. The summed E-state index contributed by atoms with van der Waals surface area (Å²) < 4.78 is 3.47. The number of likely N-dealkylation sites (tertiary alicyclic amines) is 1. The molecule has 8 heteroatoms. The third-order valence-electron chi connectivity index (χ3n) is 5.04. The van der Waals surface area contributed by atoms with Gasteiger partial charge < -0.3 is 10.0 Å². The van der Waals surface area contributed by atoms with Crippen LogP contribution in [0, 0.1) is 0 Å². The van der Waals surface area contributed by atoms with Crippen LogP contribution in [0.25, 0.3) is 0 Å². The van der Waals surface area contributed by atoms with Crippen molar-refractivity contribution in [2.45, 2.75) is 25.4 Å². The zero-order chi connectivity index (χ0) is 19.5. The number of benzene rings is 1. The molecule has 1 N–H and O–H groups in total. The zero-order valence-electron chi connectivity index (χ0n) is 15.3. The maximum atomic E-state index is 12.8. The van der Waals surface area contributed by atoms with Crippen molar-refractivity contribution in [1.29, 1.82) is 0 Å². The molecule has 1 aliphatic rings. The third-order valence-corrected chi connectivity index (χ3v) is 5.04. The Morgan fingerprint density at radius 3 is 2.39 bits per heavy atom. The van der Waals surface area contributed by atoms with Crippen molar-refractivity contribution >= 4 is 11.9 Å². The van der Waals surface area contributed by atoms with E-state index in [2.05, 4.69) is 10.2 Å². The number of carboxylic acid groups (broad SMARTS) is 1. The minimum atomic E-state index is -0.980. The summed E-state index contributed by atoms with van der Waals surface area (Å²) in [6, 6.07) is 10.1. The van der Waals surface area contributed by atoms with E-state index in [1.165, 1.54) is 6.20 Å². The van der Waals surface area contributed by atoms with Gasteiger partial charge in [0.15, 0.2) is 0 Å². The molecule has 4 rings (SSSR count). The summed E-state index contributed by atoms with van der Waals surface area (Å²) in [7, 11) is 0. The fourth-order valence-corrected chi connectivity index (χ4v) is 3.50. The molecule has 0 bridgehead atoms. The highest BCUT2D eigenvalue weighted by Gasteiger charge is 2.26. The van der Waals surface area contributed by atoms with Crippen molar-refractivity contribution in [3.8, 4) is 0 Å². The molecule has 0 unspecified atom stereocenters. The third kappa shape index (κ3) is 3.80. The van der Waals surface area contributed by atoms with Gasteiger partial charge in [0.25, 0.3) is 5.91 Å². The van der Waals surface area contributed by atoms with Crippen molar-refractivity contribution in [3.63, 3.8) is 0 Å². The van der Waals surface area contributed by atoms with Crippen LogP contribution in [0.4, 0.5) is 0 Å². The fraction of sp³-hybridized carbons (Fsp3) is 0.300. The van der Waals surface area contributed by atoms with Gasteiger partial charge in [0.05, 0.1) is 36.1 Å². The highest BCUT2D eigenvalue weighted by molar-refractivity contribution is 5.93. The lowest BCUT2D eigenvalue weighted by atomic mass is 10.0. The number of nitrogens with zero attached hydrogens (tertiary/aromatic N) is 5. The summed E-state index contributed by atoms with van der Waals surface area (Å²) in [5.74, 6) is -1.00. The van der Waals surface area contributed by atoms with Crippen molar-refractivity contribution in [1.82, 2.24) is 24.5 Å². The average Bonchev–Trinajstić information content (AvgIpc) is 3.38. The largest absolute Gasteiger partial charge is 0.478 e. The second-order valence-corrected chi connectivity index (χ2v) is 6.95. The zero-order valence-corrected chi connectivity index (χ0v) is 15.3. The average molecular weight is 379 g/mol. The van der Waals surface area contributed by atoms with E-state index in [0.717, 1.165) is 18.4 Å². The Labute approximate surface area is 162 Å². The molecule has 3 aromatic rings. The number of aromatic carboxylic acids is 1. The second-order valence-electron chi connectivity index (χ2n) is 6.95. The molecule has 3 heterocycles. The normalized spacial score (nSPS) is 14.9. The molecule has 1 aliphatic heterocycles. The lowest BCUT2D eigenvalue weighted by Crippen LogP contribution is -2.39. The smallest absolute Gasteiger partial charge is 0.338 e. The lowest BCUT2D eigenvalue weighted by Gasteiger charge is -2.31. The van der Waals surface area contributed by atoms with Gasteiger partial charge in [-0.3, -0.25) is 14.2 Å². The molecule has 1 aromatic carbocycles. The molecule has 2 aromatic heterocycles. The summed E-state index contributed by atoms with van der Waals surface area (Å²) in [5, 5.41) is 17.5. The van der Waals surface area contributed by atoms with Gasteiger partial charge in [-0.05, 0) is 18.4 Å². The first-order chi connectivity index (χ1) is 13.6. The number of rotatable bonds is 5. The van der Waals surface area contributed by atoms with E-state index in [9.17, 15) is 9.59 Å². The predicted octanol–water partition coefficient (Wildman–Crippen LogP) is 2.30. The van der Waals surface area contributed by atoms with Crippen LogP contribution in [0.2, 0.25) is 0 Å². The number of amides is 1. The van der Waals surface area contributed by atoms with Crippen LogP contribution in [-0.2, 0) is 6.54 Å². The molecule has 1 saturated heterocycles.